The van der Waals surface area contributed by atoms with Gasteiger partial charge in [0.15, 0.2) is 0 Å². The SMILES string of the molecule is CC12CCCCC1(C)N(c1ccc3c(c1)B1c4ccccc4N(c4ccccc4)c4cc(-c5cccc6c5sc5ccccc56)cc-3c41)c1ccccc12. The minimum absolute atomic E-state index is 0.0183. The fourth-order valence-corrected chi connectivity index (χ4v) is 12.4. The van der Waals surface area contributed by atoms with Crippen molar-refractivity contribution in [3.8, 4) is 22.3 Å². The summed E-state index contributed by atoms with van der Waals surface area (Å²) >= 11 is 1.92. The molecule has 0 saturated heterocycles. The third-order valence-corrected chi connectivity index (χ3v) is 15.0. The highest BCUT2D eigenvalue weighted by atomic mass is 32.1. The highest BCUT2D eigenvalue weighted by molar-refractivity contribution is 7.26. The maximum absolute atomic E-state index is 2.74. The molecule has 4 heterocycles. The molecule has 8 aromatic rings. The van der Waals surface area contributed by atoms with E-state index in [-0.39, 0.29) is 17.7 Å². The molecule has 54 heavy (non-hydrogen) atoms. The first-order valence-electron chi connectivity index (χ1n) is 19.6. The van der Waals surface area contributed by atoms with Gasteiger partial charge in [-0.15, -0.1) is 11.3 Å². The third kappa shape index (κ3) is 3.91. The van der Waals surface area contributed by atoms with Crippen LogP contribution in [0.4, 0.5) is 28.4 Å². The maximum Gasteiger partial charge on any atom is 0.248 e. The molecular weight excluding hydrogens is 671 g/mol. The summed E-state index contributed by atoms with van der Waals surface area (Å²) in [6, 6.07) is 57.6. The van der Waals surface area contributed by atoms with E-state index in [4.69, 9.17) is 0 Å². The monoisotopic (exact) mass is 710 g/mol. The summed E-state index contributed by atoms with van der Waals surface area (Å²) in [7, 11) is 0. The second-order valence-corrected chi connectivity index (χ2v) is 17.4. The van der Waals surface area contributed by atoms with Gasteiger partial charge in [-0.05, 0) is 113 Å². The highest BCUT2D eigenvalue weighted by Gasteiger charge is 2.57. The summed E-state index contributed by atoms with van der Waals surface area (Å²) in [5, 5.41) is 2.68. The summed E-state index contributed by atoms with van der Waals surface area (Å²) in [6.45, 7) is 5.23. The van der Waals surface area contributed by atoms with Crippen molar-refractivity contribution in [3.63, 3.8) is 0 Å². The maximum atomic E-state index is 2.74. The fraction of sp³-hybridized carbons (Fsp3) is 0.160. The number of nitrogens with zero attached hydrogens (tertiary/aromatic N) is 2. The molecule has 1 aliphatic carbocycles. The molecule has 0 amide bonds. The van der Waals surface area contributed by atoms with Gasteiger partial charge in [0.2, 0.25) is 6.71 Å². The number of hydrogen-bond acceptors (Lipinski definition) is 3. The van der Waals surface area contributed by atoms with E-state index in [2.05, 4.69) is 175 Å². The van der Waals surface area contributed by atoms with Gasteiger partial charge in [0.05, 0.1) is 5.54 Å². The Bertz CT molecular complexity index is 2860. The topological polar surface area (TPSA) is 6.48 Å². The second kappa shape index (κ2) is 11.0. The van der Waals surface area contributed by atoms with Crippen LogP contribution in [-0.2, 0) is 5.41 Å². The van der Waals surface area contributed by atoms with Crippen molar-refractivity contribution in [1.82, 2.24) is 0 Å². The van der Waals surface area contributed by atoms with E-state index in [1.807, 2.05) is 11.3 Å². The minimum Gasteiger partial charge on any atom is -0.334 e. The molecule has 0 N–H and O–H groups in total. The Morgan fingerprint density at radius 2 is 1.31 bits per heavy atom. The van der Waals surface area contributed by atoms with Gasteiger partial charge in [-0.3, -0.25) is 0 Å². The van der Waals surface area contributed by atoms with Gasteiger partial charge in [0, 0.05) is 54.0 Å². The summed E-state index contributed by atoms with van der Waals surface area (Å²) < 4.78 is 2.70. The van der Waals surface area contributed by atoms with Crippen LogP contribution in [0.25, 0.3) is 42.4 Å². The van der Waals surface area contributed by atoms with E-state index < -0.39 is 0 Å². The van der Waals surface area contributed by atoms with Crippen LogP contribution in [-0.4, -0.2) is 12.3 Å². The molecule has 2 atom stereocenters. The second-order valence-electron chi connectivity index (χ2n) is 16.3. The van der Waals surface area contributed by atoms with Gasteiger partial charge in [-0.2, -0.15) is 0 Å². The smallest absolute Gasteiger partial charge is 0.248 e. The number of rotatable bonds is 3. The van der Waals surface area contributed by atoms with Crippen molar-refractivity contribution in [2.45, 2.75) is 50.5 Å². The summed E-state index contributed by atoms with van der Waals surface area (Å²) in [5.41, 5.74) is 17.6. The van der Waals surface area contributed by atoms with Gasteiger partial charge in [0.1, 0.15) is 0 Å². The normalized spacial score (nSPS) is 20.5. The number of benzene rings is 7. The largest absolute Gasteiger partial charge is 0.334 e. The zero-order valence-electron chi connectivity index (χ0n) is 30.6. The molecule has 258 valence electrons. The lowest BCUT2D eigenvalue weighted by molar-refractivity contribution is 0.195. The number of thiophene rings is 1. The lowest BCUT2D eigenvalue weighted by atomic mass is 9.37. The Hall–Kier alpha value is -5.58. The van der Waals surface area contributed by atoms with Crippen LogP contribution < -0.4 is 26.2 Å². The summed E-state index contributed by atoms with van der Waals surface area (Å²) in [5.74, 6) is 0. The molecule has 1 saturated carbocycles. The molecule has 0 spiro atoms. The Morgan fingerprint density at radius 3 is 2.22 bits per heavy atom. The van der Waals surface area contributed by atoms with Gasteiger partial charge in [-0.1, -0.05) is 122 Å². The predicted octanol–water partition coefficient (Wildman–Crippen LogP) is 11.7. The van der Waals surface area contributed by atoms with Crippen LogP contribution >= 0.6 is 11.3 Å². The van der Waals surface area contributed by atoms with E-state index in [9.17, 15) is 0 Å². The molecule has 0 radical (unpaired) electrons. The van der Waals surface area contributed by atoms with Crippen LogP contribution in [0.3, 0.4) is 0 Å². The molecule has 7 aromatic carbocycles. The molecule has 3 aliphatic heterocycles. The zero-order valence-corrected chi connectivity index (χ0v) is 31.5. The molecule has 1 fully saturated rings. The molecule has 12 rings (SSSR count). The first kappa shape index (κ1) is 30.8. The van der Waals surface area contributed by atoms with Crippen molar-refractivity contribution in [2.75, 3.05) is 9.80 Å². The number of hydrogen-bond donors (Lipinski definition) is 0. The van der Waals surface area contributed by atoms with Crippen molar-refractivity contribution in [1.29, 1.82) is 0 Å². The van der Waals surface area contributed by atoms with E-state index in [0.717, 1.165) is 0 Å². The molecule has 1 aromatic heterocycles. The predicted molar refractivity (Wildman–Crippen MR) is 232 cm³/mol. The highest BCUT2D eigenvalue weighted by Crippen LogP contribution is 2.60. The number of anilines is 5. The Morgan fingerprint density at radius 1 is 0.556 bits per heavy atom. The summed E-state index contributed by atoms with van der Waals surface area (Å²) in [6.07, 6.45) is 5.00. The lowest BCUT2D eigenvalue weighted by Crippen LogP contribution is -2.56. The Balaban J connectivity index is 1.12. The van der Waals surface area contributed by atoms with Crippen LogP contribution in [0.2, 0.25) is 0 Å². The van der Waals surface area contributed by atoms with Crippen LogP contribution in [0, 0.1) is 0 Å². The van der Waals surface area contributed by atoms with Gasteiger partial charge < -0.3 is 9.80 Å². The molecule has 2 nitrogen and oxygen atoms in total. The van der Waals surface area contributed by atoms with Gasteiger partial charge in [-0.25, -0.2) is 0 Å². The van der Waals surface area contributed by atoms with Crippen LogP contribution in [0.5, 0.6) is 0 Å². The average Bonchev–Trinajstić information content (AvgIpc) is 3.82. The van der Waals surface area contributed by atoms with Crippen molar-refractivity contribution in [2.24, 2.45) is 0 Å². The first-order valence-corrected chi connectivity index (χ1v) is 20.4. The zero-order chi connectivity index (χ0) is 35.8. The van der Waals surface area contributed by atoms with Crippen molar-refractivity contribution in [3.05, 3.63) is 157 Å². The van der Waals surface area contributed by atoms with Gasteiger partial charge in [0.25, 0.3) is 0 Å². The molecule has 4 heteroatoms. The minimum atomic E-state index is 0.0183. The number of para-hydroxylation sites is 3. The third-order valence-electron chi connectivity index (χ3n) is 13.8. The van der Waals surface area contributed by atoms with E-state index in [1.165, 1.54) is 118 Å². The number of fused-ring (bicyclic) bond motifs is 11. The molecule has 4 aliphatic rings. The molecule has 2 unspecified atom stereocenters. The van der Waals surface area contributed by atoms with Crippen LogP contribution in [0.15, 0.2) is 152 Å². The van der Waals surface area contributed by atoms with Crippen LogP contribution in [0.1, 0.15) is 45.1 Å². The van der Waals surface area contributed by atoms with E-state index in [1.54, 1.807) is 0 Å². The molecule has 0 bridgehead atoms. The first-order chi connectivity index (χ1) is 26.5. The Labute approximate surface area is 321 Å². The average molecular weight is 711 g/mol. The Kier molecular flexibility index (Phi) is 6.28. The van der Waals surface area contributed by atoms with Gasteiger partial charge >= 0.3 is 0 Å². The standard InChI is InChI=1S/C50H39BN2S/c1-49-27-12-13-28-50(49,2)53(43-22-9-7-20-40(43)49)34-25-26-36-39-29-32(35-18-14-19-38-37-17-6-11-24-46(37)54-48(35)38)30-45-47(39)51(42(36)31-34)41-21-8-10-23-44(41)52(45)33-15-4-3-5-16-33/h3-11,14-26,29-31H,12-13,27-28H2,1-2H3. The summed E-state index contributed by atoms with van der Waals surface area (Å²) in [4.78, 5) is 5.27. The van der Waals surface area contributed by atoms with Crippen molar-refractivity contribution >= 4 is 83.0 Å². The lowest BCUT2D eigenvalue weighted by Gasteiger charge is -2.50. The molecular formula is C50H39BN2S. The van der Waals surface area contributed by atoms with E-state index >= 15 is 0 Å². The van der Waals surface area contributed by atoms with Crippen molar-refractivity contribution < 1.29 is 0 Å². The fourth-order valence-electron chi connectivity index (χ4n) is 11.2. The van der Waals surface area contributed by atoms with E-state index in [0.29, 0.717) is 0 Å². The quantitative estimate of drug-likeness (QED) is 0.168.